The number of esters is 2. The highest BCUT2D eigenvalue weighted by Crippen LogP contribution is 2.40. The third-order valence-corrected chi connectivity index (χ3v) is 5.30. The lowest BCUT2D eigenvalue weighted by molar-refractivity contribution is -0.159. The van der Waals surface area contributed by atoms with Gasteiger partial charge in [0, 0.05) is 18.5 Å². The number of methoxy groups -OCH3 is 2. The van der Waals surface area contributed by atoms with Crippen LogP contribution in [0.5, 0.6) is 0 Å². The molecule has 8 heteroatoms. The van der Waals surface area contributed by atoms with Crippen molar-refractivity contribution < 1.29 is 28.2 Å². The van der Waals surface area contributed by atoms with E-state index in [0.29, 0.717) is 37.8 Å². The highest BCUT2D eigenvalue weighted by Gasteiger charge is 2.43. The molecule has 8 nitrogen and oxygen atoms in total. The number of anilines is 1. The van der Waals surface area contributed by atoms with Crippen LogP contribution in [0, 0.1) is 5.92 Å². The van der Waals surface area contributed by atoms with Crippen molar-refractivity contribution in [2.45, 2.75) is 32.1 Å². The number of aromatic nitrogens is 1. The fourth-order valence-corrected chi connectivity index (χ4v) is 3.69. The fourth-order valence-electron chi connectivity index (χ4n) is 3.69. The zero-order valence-corrected chi connectivity index (χ0v) is 18.7. The first-order chi connectivity index (χ1) is 14.8. The summed E-state index contributed by atoms with van der Waals surface area (Å²) >= 11 is 0. The van der Waals surface area contributed by atoms with Crippen LogP contribution in [0.3, 0.4) is 0 Å². The predicted molar refractivity (Wildman–Crippen MR) is 114 cm³/mol. The van der Waals surface area contributed by atoms with Gasteiger partial charge in [-0.15, -0.1) is 0 Å². The fraction of sp³-hybridized carbons (Fsp3) is 0.522. The molecule has 31 heavy (non-hydrogen) atoms. The molecule has 0 bridgehead atoms. The maximum absolute atomic E-state index is 12.7. The minimum Gasteiger partial charge on any atom is -0.468 e. The van der Waals surface area contributed by atoms with Crippen LogP contribution >= 0.6 is 0 Å². The summed E-state index contributed by atoms with van der Waals surface area (Å²) in [5.41, 5.74) is 1.15. The zero-order chi connectivity index (χ0) is 22.6. The van der Waals surface area contributed by atoms with Gasteiger partial charge < -0.3 is 23.5 Å². The third kappa shape index (κ3) is 4.90. The average Bonchev–Trinajstić information content (AvgIpc) is 3.23. The molecule has 2 aromatic rings. The molecular formula is C23H30N2O6. The Morgan fingerprint density at radius 1 is 1.03 bits per heavy atom. The number of rotatable bonds is 6. The summed E-state index contributed by atoms with van der Waals surface area (Å²) in [7, 11) is 2.49. The summed E-state index contributed by atoms with van der Waals surface area (Å²) in [6.07, 6.45) is 0. The average molecular weight is 431 g/mol. The van der Waals surface area contributed by atoms with E-state index in [2.05, 4.69) is 4.90 Å². The Morgan fingerprint density at radius 3 is 2.13 bits per heavy atom. The number of carbonyl (C=O) groups excluding carboxylic acids is 2. The molecule has 1 aromatic heterocycles. The van der Waals surface area contributed by atoms with Crippen LogP contribution in [0.25, 0.3) is 0 Å². The largest absolute Gasteiger partial charge is 0.468 e. The Morgan fingerprint density at radius 2 is 1.61 bits per heavy atom. The van der Waals surface area contributed by atoms with Crippen LogP contribution < -0.4 is 4.90 Å². The molecule has 1 saturated heterocycles. The van der Waals surface area contributed by atoms with Crippen molar-refractivity contribution in [3.8, 4) is 0 Å². The van der Waals surface area contributed by atoms with E-state index in [1.807, 2.05) is 51.1 Å². The molecule has 1 aliphatic heterocycles. The van der Waals surface area contributed by atoms with Crippen molar-refractivity contribution in [1.29, 1.82) is 0 Å². The monoisotopic (exact) mass is 430 g/mol. The quantitative estimate of drug-likeness (QED) is 0.510. The summed E-state index contributed by atoms with van der Waals surface area (Å²) in [6, 6.07) is 9.20. The summed E-state index contributed by atoms with van der Waals surface area (Å²) in [5, 5.41) is 0. The summed E-state index contributed by atoms with van der Waals surface area (Å²) in [4.78, 5) is 32.3. The van der Waals surface area contributed by atoms with Gasteiger partial charge in [0.25, 0.3) is 0 Å². The van der Waals surface area contributed by atoms with Crippen LogP contribution in [0.1, 0.15) is 43.8 Å². The van der Waals surface area contributed by atoms with Gasteiger partial charge in [-0.2, -0.15) is 0 Å². The van der Waals surface area contributed by atoms with Crippen LogP contribution in [-0.4, -0.2) is 57.4 Å². The first-order valence-electron chi connectivity index (χ1n) is 10.3. The lowest BCUT2D eigenvalue weighted by atomic mass is 9.85. The van der Waals surface area contributed by atoms with Crippen molar-refractivity contribution >= 4 is 17.8 Å². The molecule has 2 heterocycles. The van der Waals surface area contributed by atoms with Gasteiger partial charge in [0.15, 0.2) is 5.92 Å². The number of ether oxygens (including phenoxy) is 3. The molecule has 1 atom stereocenters. The van der Waals surface area contributed by atoms with Crippen molar-refractivity contribution in [2.75, 3.05) is 45.4 Å². The van der Waals surface area contributed by atoms with Crippen LogP contribution in [0.4, 0.5) is 5.88 Å². The van der Waals surface area contributed by atoms with Gasteiger partial charge in [-0.05, 0) is 5.56 Å². The summed E-state index contributed by atoms with van der Waals surface area (Å²) < 4.78 is 21.7. The second kappa shape index (κ2) is 9.51. The lowest BCUT2D eigenvalue weighted by Gasteiger charge is -2.29. The number of nitrogens with zero attached hydrogens (tertiary/aromatic N) is 2. The van der Waals surface area contributed by atoms with E-state index in [9.17, 15) is 9.59 Å². The van der Waals surface area contributed by atoms with E-state index in [0.717, 1.165) is 5.69 Å². The number of hydrogen-bond acceptors (Lipinski definition) is 8. The zero-order valence-electron chi connectivity index (χ0n) is 18.7. The lowest BCUT2D eigenvalue weighted by Crippen LogP contribution is -2.37. The molecule has 3 rings (SSSR count). The number of carbonyl (C=O) groups is 2. The second-order valence-electron chi connectivity index (χ2n) is 8.47. The first-order valence-corrected chi connectivity index (χ1v) is 10.3. The first kappa shape index (κ1) is 22.8. The predicted octanol–water partition coefficient (Wildman–Crippen LogP) is 2.90. The maximum Gasteiger partial charge on any atom is 0.321 e. The highest BCUT2D eigenvalue weighted by molar-refractivity contribution is 5.96. The van der Waals surface area contributed by atoms with E-state index in [4.69, 9.17) is 23.6 Å². The van der Waals surface area contributed by atoms with E-state index in [1.54, 1.807) is 0 Å². The molecule has 0 spiro atoms. The van der Waals surface area contributed by atoms with Crippen LogP contribution in [0.15, 0.2) is 34.7 Å². The minimum absolute atomic E-state index is 0.276. The van der Waals surface area contributed by atoms with Gasteiger partial charge in [-0.25, -0.2) is 4.98 Å². The molecule has 1 fully saturated rings. The molecule has 0 saturated carbocycles. The molecule has 0 aliphatic carbocycles. The standard InChI is InChI=1S/C23H30N2O6/c1-23(2,3)18-20(25-11-13-30-14-12-25)31-19(24-18)16(15-9-7-6-8-10-15)17(21(26)28-4)22(27)29-5/h6-10,16-17H,11-14H2,1-5H3. The van der Waals surface area contributed by atoms with E-state index in [-0.39, 0.29) is 11.3 Å². The van der Waals surface area contributed by atoms with Crippen molar-refractivity contribution in [2.24, 2.45) is 5.92 Å². The Balaban J connectivity index is 2.18. The molecule has 1 aliphatic rings. The number of hydrogen-bond donors (Lipinski definition) is 0. The maximum atomic E-state index is 12.7. The highest BCUT2D eigenvalue weighted by atomic mass is 16.5. The van der Waals surface area contributed by atoms with Gasteiger partial charge in [0.1, 0.15) is 5.69 Å². The number of oxazole rings is 1. The number of benzene rings is 1. The van der Waals surface area contributed by atoms with Gasteiger partial charge in [-0.1, -0.05) is 51.1 Å². The van der Waals surface area contributed by atoms with Gasteiger partial charge in [0.2, 0.25) is 11.8 Å². The Hall–Kier alpha value is -2.87. The van der Waals surface area contributed by atoms with Crippen molar-refractivity contribution in [3.05, 3.63) is 47.5 Å². The van der Waals surface area contributed by atoms with Crippen molar-refractivity contribution in [1.82, 2.24) is 4.98 Å². The molecule has 0 N–H and O–H groups in total. The minimum atomic E-state index is -1.25. The summed E-state index contributed by atoms with van der Waals surface area (Å²) in [5.74, 6) is -2.54. The SMILES string of the molecule is COC(=O)C(C(=O)OC)C(c1ccccc1)c1nc(C(C)(C)C)c(N2CCOCC2)o1. The Bertz CT molecular complexity index is 881. The van der Waals surface area contributed by atoms with Gasteiger partial charge >= 0.3 is 11.9 Å². The number of morpholine rings is 1. The van der Waals surface area contributed by atoms with E-state index in [1.165, 1.54) is 14.2 Å². The van der Waals surface area contributed by atoms with Crippen LogP contribution in [-0.2, 0) is 29.2 Å². The Kier molecular flexibility index (Phi) is 7.00. The van der Waals surface area contributed by atoms with Gasteiger partial charge in [0.05, 0.1) is 33.4 Å². The van der Waals surface area contributed by atoms with E-state index < -0.39 is 23.8 Å². The van der Waals surface area contributed by atoms with Crippen molar-refractivity contribution in [3.63, 3.8) is 0 Å². The molecule has 1 unspecified atom stereocenters. The molecule has 168 valence electrons. The smallest absolute Gasteiger partial charge is 0.321 e. The van der Waals surface area contributed by atoms with Gasteiger partial charge in [-0.3, -0.25) is 9.59 Å². The topological polar surface area (TPSA) is 91.1 Å². The molecular weight excluding hydrogens is 400 g/mol. The molecule has 0 radical (unpaired) electrons. The normalized spacial score (nSPS) is 15.6. The molecule has 1 aromatic carbocycles. The van der Waals surface area contributed by atoms with E-state index >= 15 is 0 Å². The molecule has 0 amide bonds. The van der Waals surface area contributed by atoms with Crippen LogP contribution in [0.2, 0.25) is 0 Å². The summed E-state index contributed by atoms with van der Waals surface area (Å²) in [6.45, 7) is 8.68. The second-order valence-corrected chi connectivity index (χ2v) is 8.47. The third-order valence-electron chi connectivity index (χ3n) is 5.30. The Labute approximate surface area is 182 Å².